The molecule has 6 nitrogen and oxygen atoms in total. The fourth-order valence-electron chi connectivity index (χ4n) is 2.84. The van der Waals surface area contributed by atoms with Gasteiger partial charge in [0.15, 0.2) is 0 Å². The van der Waals surface area contributed by atoms with Crippen LogP contribution in [0.4, 0.5) is 10.5 Å². The number of amides is 2. The van der Waals surface area contributed by atoms with Crippen molar-refractivity contribution in [2.75, 3.05) is 11.9 Å². The lowest BCUT2D eigenvalue weighted by Gasteiger charge is -2.24. The number of carbonyl (C=O) groups excluding carboxylic acids is 2. The van der Waals surface area contributed by atoms with Crippen molar-refractivity contribution in [1.82, 2.24) is 5.32 Å². The summed E-state index contributed by atoms with van der Waals surface area (Å²) >= 11 is 0. The molecule has 0 spiro atoms. The number of alkyl carbamates (subject to hydrolysis) is 1. The molecule has 0 bridgehead atoms. The Morgan fingerprint density at radius 3 is 2.23 bits per heavy atom. The van der Waals surface area contributed by atoms with Crippen LogP contribution >= 0.6 is 0 Å². The van der Waals surface area contributed by atoms with E-state index in [0.29, 0.717) is 6.61 Å². The molecule has 162 valence electrons. The first-order valence-corrected chi connectivity index (χ1v) is 10.2. The molecule has 0 radical (unpaired) electrons. The highest BCUT2D eigenvalue weighted by atomic mass is 16.6. The molecule has 0 aliphatic carbocycles. The molecule has 0 unspecified atom stereocenters. The molecule has 1 atom stereocenters. The van der Waals surface area contributed by atoms with Gasteiger partial charge in [-0.25, -0.2) is 4.79 Å². The number of hydrogen-bond acceptors (Lipinski definition) is 4. The van der Waals surface area contributed by atoms with E-state index in [9.17, 15) is 9.59 Å². The predicted octanol–water partition coefficient (Wildman–Crippen LogP) is 4.86. The molecule has 2 N–H and O–H groups in total. The van der Waals surface area contributed by atoms with Gasteiger partial charge in [-0.2, -0.15) is 0 Å². The summed E-state index contributed by atoms with van der Waals surface area (Å²) in [7, 11) is 0. The van der Waals surface area contributed by atoms with Gasteiger partial charge in [0.2, 0.25) is 5.91 Å². The van der Waals surface area contributed by atoms with Crippen LogP contribution in [-0.4, -0.2) is 30.3 Å². The van der Waals surface area contributed by atoms with Gasteiger partial charge in [0, 0.05) is 5.69 Å². The maximum Gasteiger partial charge on any atom is 0.408 e. The Labute approximate surface area is 179 Å². The van der Waals surface area contributed by atoms with Crippen molar-refractivity contribution in [1.29, 1.82) is 0 Å². The molecule has 0 saturated carbocycles. The van der Waals surface area contributed by atoms with Crippen molar-refractivity contribution >= 4 is 17.7 Å². The molecule has 0 heterocycles. The summed E-state index contributed by atoms with van der Waals surface area (Å²) in [5.41, 5.74) is 2.06. The molecule has 0 aromatic heterocycles. The summed E-state index contributed by atoms with van der Waals surface area (Å²) in [6.07, 6.45) is -0.664. The van der Waals surface area contributed by atoms with Gasteiger partial charge in [0.1, 0.15) is 11.6 Å². The van der Waals surface area contributed by atoms with Crippen LogP contribution in [-0.2, 0) is 20.9 Å². The summed E-state index contributed by atoms with van der Waals surface area (Å²) < 4.78 is 11.0. The summed E-state index contributed by atoms with van der Waals surface area (Å²) in [5, 5.41) is 5.55. The smallest absolute Gasteiger partial charge is 0.408 e. The third-order valence-corrected chi connectivity index (χ3v) is 4.24. The van der Waals surface area contributed by atoms with Crippen LogP contribution in [0.5, 0.6) is 0 Å². The van der Waals surface area contributed by atoms with E-state index in [1.54, 1.807) is 20.8 Å². The second kappa shape index (κ2) is 10.8. The molecule has 0 aliphatic heterocycles. The normalized spacial score (nSPS) is 12.3. The third kappa shape index (κ3) is 7.87. The van der Waals surface area contributed by atoms with E-state index in [1.807, 2.05) is 54.6 Å². The molecule has 6 heteroatoms. The quantitative estimate of drug-likeness (QED) is 0.649. The van der Waals surface area contributed by atoms with E-state index in [2.05, 4.69) is 24.5 Å². The minimum absolute atomic E-state index is 0.0177. The highest BCUT2D eigenvalue weighted by Gasteiger charge is 2.25. The molecule has 30 heavy (non-hydrogen) atoms. The predicted molar refractivity (Wildman–Crippen MR) is 118 cm³/mol. The molecule has 2 aromatic carbocycles. The number of hydrogen-bond donors (Lipinski definition) is 2. The summed E-state index contributed by atoms with van der Waals surface area (Å²) in [6.45, 7) is 9.78. The van der Waals surface area contributed by atoms with Gasteiger partial charge >= 0.3 is 6.09 Å². The van der Waals surface area contributed by atoms with E-state index in [0.717, 1.165) is 16.8 Å². The Morgan fingerprint density at radius 2 is 1.60 bits per heavy atom. The third-order valence-electron chi connectivity index (χ3n) is 4.24. The zero-order valence-electron chi connectivity index (χ0n) is 18.4. The molecule has 0 saturated heterocycles. The lowest BCUT2D eigenvalue weighted by Crippen LogP contribution is -2.48. The Balaban J connectivity index is 2.08. The van der Waals surface area contributed by atoms with E-state index in [-0.39, 0.29) is 18.4 Å². The average molecular weight is 413 g/mol. The minimum Gasteiger partial charge on any atom is -0.444 e. The van der Waals surface area contributed by atoms with Crippen molar-refractivity contribution in [3.05, 3.63) is 65.7 Å². The van der Waals surface area contributed by atoms with Gasteiger partial charge < -0.3 is 20.1 Å². The lowest BCUT2D eigenvalue weighted by molar-refractivity contribution is -0.119. The number of rotatable bonds is 8. The van der Waals surface area contributed by atoms with Crippen molar-refractivity contribution < 1.29 is 19.1 Å². The number of anilines is 1. The Kier molecular flexibility index (Phi) is 8.42. The Hall–Kier alpha value is -2.86. The van der Waals surface area contributed by atoms with E-state index in [4.69, 9.17) is 9.47 Å². The van der Waals surface area contributed by atoms with Crippen molar-refractivity contribution in [2.24, 2.45) is 0 Å². The van der Waals surface area contributed by atoms with E-state index < -0.39 is 17.7 Å². The summed E-state index contributed by atoms with van der Waals surface area (Å²) in [6, 6.07) is 16.4. The van der Waals surface area contributed by atoms with Crippen molar-refractivity contribution in [2.45, 2.75) is 58.8 Å². The maximum atomic E-state index is 13.0. The number of benzene rings is 2. The molecule has 2 aromatic rings. The Morgan fingerprint density at radius 1 is 0.967 bits per heavy atom. The monoisotopic (exact) mass is 412 g/mol. The second-order valence-corrected chi connectivity index (χ2v) is 8.43. The van der Waals surface area contributed by atoms with Crippen LogP contribution in [0.15, 0.2) is 54.6 Å². The first-order valence-electron chi connectivity index (χ1n) is 10.2. The zero-order valence-corrected chi connectivity index (χ0v) is 18.4. The van der Waals surface area contributed by atoms with Gasteiger partial charge in [-0.05, 0) is 43.9 Å². The molecule has 2 amide bonds. The van der Waals surface area contributed by atoms with Crippen LogP contribution in [0.3, 0.4) is 0 Å². The van der Waals surface area contributed by atoms with E-state index in [1.165, 1.54) is 0 Å². The number of nitrogens with one attached hydrogen (secondary N) is 2. The van der Waals surface area contributed by atoms with Crippen molar-refractivity contribution in [3.63, 3.8) is 0 Å². The standard InChI is InChI=1S/C24H32N2O4/c1-17(2)19-13-9-10-14-20(19)25-22(27)21(26-23(28)30-24(3,4)5)16-29-15-18-11-7-6-8-12-18/h6-14,17,21H,15-16H2,1-5H3,(H,25,27)(H,26,28)/t21-/m0/s1. The summed E-state index contributed by atoms with van der Waals surface area (Å²) in [4.78, 5) is 25.2. The lowest BCUT2D eigenvalue weighted by atomic mass is 10.0. The average Bonchev–Trinajstić information content (AvgIpc) is 2.67. The zero-order chi connectivity index (χ0) is 22.1. The highest BCUT2D eigenvalue weighted by Crippen LogP contribution is 2.23. The Bertz CT molecular complexity index is 829. The van der Waals surface area contributed by atoms with Crippen LogP contribution in [0.1, 0.15) is 51.7 Å². The van der Waals surface area contributed by atoms with Crippen LogP contribution in [0.2, 0.25) is 0 Å². The molecule has 0 fully saturated rings. The molecular weight excluding hydrogens is 380 g/mol. The fourth-order valence-corrected chi connectivity index (χ4v) is 2.84. The van der Waals surface area contributed by atoms with Crippen molar-refractivity contribution in [3.8, 4) is 0 Å². The fraction of sp³-hybridized carbons (Fsp3) is 0.417. The van der Waals surface area contributed by atoms with Gasteiger partial charge in [-0.15, -0.1) is 0 Å². The maximum absolute atomic E-state index is 13.0. The largest absolute Gasteiger partial charge is 0.444 e. The first kappa shape index (κ1) is 23.4. The van der Waals surface area contributed by atoms with Crippen LogP contribution < -0.4 is 10.6 Å². The first-order chi connectivity index (χ1) is 14.2. The van der Waals surface area contributed by atoms with Crippen LogP contribution in [0, 0.1) is 0 Å². The second-order valence-electron chi connectivity index (χ2n) is 8.43. The number of ether oxygens (including phenoxy) is 2. The molecular formula is C24H32N2O4. The van der Waals surface area contributed by atoms with Gasteiger partial charge in [-0.1, -0.05) is 62.4 Å². The molecule has 0 aliphatic rings. The van der Waals surface area contributed by atoms with E-state index >= 15 is 0 Å². The van der Waals surface area contributed by atoms with Gasteiger partial charge in [0.25, 0.3) is 0 Å². The highest BCUT2D eigenvalue weighted by molar-refractivity contribution is 5.97. The molecule has 2 rings (SSSR count). The topological polar surface area (TPSA) is 76.7 Å². The van der Waals surface area contributed by atoms with Gasteiger partial charge in [0.05, 0.1) is 13.2 Å². The van der Waals surface area contributed by atoms with Crippen LogP contribution in [0.25, 0.3) is 0 Å². The SMILES string of the molecule is CC(C)c1ccccc1NC(=O)[C@H](COCc1ccccc1)NC(=O)OC(C)(C)C. The number of carbonyl (C=O) groups is 2. The summed E-state index contributed by atoms with van der Waals surface area (Å²) in [5.74, 6) is -0.116. The number of para-hydroxylation sites is 1. The van der Waals surface area contributed by atoms with Gasteiger partial charge in [-0.3, -0.25) is 4.79 Å². The minimum atomic E-state index is -0.899.